The number of carbonyl (C=O) groups excluding carboxylic acids is 1. The van der Waals surface area contributed by atoms with Crippen LogP contribution in [-0.2, 0) is 19.0 Å². The van der Waals surface area contributed by atoms with Crippen molar-refractivity contribution in [3.8, 4) is 0 Å². The number of hydrogen-bond acceptors (Lipinski definition) is 8. The van der Waals surface area contributed by atoms with Gasteiger partial charge in [-0.05, 0) is 18.2 Å². The van der Waals surface area contributed by atoms with Crippen molar-refractivity contribution >= 4 is 17.4 Å². The molecule has 0 aliphatic carbocycles. The van der Waals surface area contributed by atoms with E-state index in [0.29, 0.717) is 42.4 Å². The molecule has 3 aliphatic rings. The minimum Gasteiger partial charge on any atom is -0.457 e. The Balaban J connectivity index is 1.48. The number of nitrogens with zero attached hydrogens (tertiary/aromatic N) is 4. The molecule has 31 heavy (non-hydrogen) atoms. The van der Waals surface area contributed by atoms with Crippen molar-refractivity contribution in [1.29, 1.82) is 0 Å². The molecule has 1 atom stereocenters. The molecule has 0 saturated carbocycles. The summed E-state index contributed by atoms with van der Waals surface area (Å²) in [6.07, 6.45) is 3.33. The van der Waals surface area contributed by atoms with Gasteiger partial charge in [0.1, 0.15) is 11.9 Å². The van der Waals surface area contributed by atoms with Crippen LogP contribution in [0, 0.1) is 10.1 Å². The van der Waals surface area contributed by atoms with E-state index in [1.165, 1.54) is 12.1 Å². The van der Waals surface area contributed by atoms with Crippen LogP contribution >= 0.6 is 0 Å². The van der Waals surface area contributed by atoms with Crippen molar-refractivity contribution in [2.45, 2.75) is 6.17 Å². The summed E-state index contributed by atoms with van der Waals surface area (Å²) in [7, 11) is 1.88. The molecule has 162 valence electrons. The first kappa shape index (κ1) is 20.6. The lowest BCUT2D eigenvalue weighted by Crippen LogP contribution is -2.65. The molecule has 0 spiro atoms. The van der Waals surface area contributed by atoms with E-state index < -0.39 is 4.92 Å². The zero-order chi connectivity index (χ0) is 22.1. The van der Waals surface area contributed by atoms with Gasteiger partial charge in [0.05, 0.1) is 18.1 Å². The number of morpholine rings is 1. The van der Waals surface area contributed by atoms with Gasteiger partial charge in [-0.15, -0.1) is 0 Å². The van der Waals surface area contributed by atoms with Crippen molar-refractivity contribution in [2.75, 3.05) is 33.6 Å². The van der Waals surface area contributed by atoms with E-state index in [2.05, 4.69) is 13.2 Å². The molecule has 1 amide bonds. The lowest BCUT2D eigenvalue weighted by molar-refractivity contribution is -0.384. The van der Waals surface area contributed by atoms with E-state index in [0.717, 1.165) is 0 Å². The first-order chi connectivity index (χ1) is 14.9. The van der Waals surface area contributed by atoms with E-state index in [4.69, 9.17) is 14.2 Å². The van der Waals surface area contributed by atoms with E-state index in [1.807, 2.05) is 12.1 Å². The molecule has 3 heterocycles. The van der Waals surface area contributed by atoms with Gasteiger partial charge in [0.15, 0.2) is 11.5 Å². The number of nitro benzene ring substituents is 1. The van der Waals surface area contributed by atoms with Gasteiger partial charge in [0, 0.05) is 43.1 Å². The molecular weight excluding hydrogens is 404 g/mol. The van der Waals surface area contributed by atoms with Gasteiger partial charge in [-0.2, -0.15) is 5.01 Å². The Hall–Kier alpha value is -3.63. The molecule has 10 nitrogen and oxygen atoms in total. The highest BCUT2D eigenvalue weighted by atomic mass is 16.7. The Bertz CT molecular complexity index is 1000. The number of carbonyl (C=O) groups is 1. The number of fused-ring (bicyclic) bond motifs is 2. The SMILES string of the molecule is C=C1C=CN2C(=C1OCOC(=C)c1ccc([N+](=O)[O-])cc1)C(=O)N1CCOCC1N2C. The van der Waals surface area contributed by atoms with Crippen LogP contribution in [0.1, 0.15) is 5.56 Å². The Morgan fingerprint density at radius 2 is 2.10 bits per heavy atom. The standard InChI is InChI=1S/C21H22N4O6/c1-14-8-9-24-19(21(26)23-10-11-29-12-18(23)22(24)3)20(14)31-13-30-15(2)16-4-6-17(7-5-16)25(27)28/h4-9,18H,1-2,10-13H2,3H3. The molecule has 0 radical (unpaired) electrons. The summed E-state index contributed by atoms with van der Waals surface area (Å²) < 4.78 is 16.9. The Morgan fingerprint density at radius 1 is 1.35 bits per heavy atom. The summed E-state index contributed by atoms with van der Waals surface area (Å²) in [5, 5.41) is 14.4. The lowest BCUT2D eigenvalue weighted by atomic mass is 10.1. The molecule has 1 aromatic carbocycles. The number of ether oxygens (including phenoxy) is 3. The van der Waals surface area contributed by atoms with Crippen LogP contribution in [0.3, 0.4) is 0 Å². The number of allylic oxidation sites excluding steroid dienone is 1. The zero-order valence-corrected chi connectivity index (χ0v) is 17.0. The summed E-state index contributed by atoms with van der Waals surface area (Å²) in [5.41, 5.74) is 1.47. The molecule has 4 rings (SSSR count). The summed E-state index contributed by atoms with van der Waals surface area (Å²) in [6, 6.07) is 5.83. The predicted molar refractivity (Wildman–Crippen MR) is 110 cm³/mol. The van der Waals surface area contributed by atoms with Gasteiger partial charge in [-0.1, -0.05) is 13.2 Å². The van der Waals surface area contributed by atoms with Crippen molar-refractivity contribution in [2.24, 2.45) is 0 Å². The molecule has 0 bridgehead atoms. The first-order valence-electron chi connectivity index (χ1n) is 9.60. The number of hydrogen-bond donors (Lipinski definition) is 0. The third kappa shape index (κ3) is 3.78. The van der Waals surface area contributed by atoms with Crippen LogP contribution in [0.5, 0.6) is 0 Å². The number of nitro groups is 1. The Labute approximate surface area is 179 Å². The van der Waals surface area contributed by atoms with Crippen molar-refractivity contribution in [1.82, 2.24) is 14.9 Å². The highest BCUT2D eigenvalue weighted by Crippen LogP contribution is 2.33. The topological polar surface area (TPSA) is 97.6 Å². The molecule has 2 saturated heterocycles. The van der Waals surface area contributed by atoms with Crippen LogP contribution in [0.4, 0.5) is 5.69 Å². The van der Waals surface area contributed by atoms with Gasteiger partial charge in [-0.3, -0.25) is 19.9 Å². The second-order valence-corrected chi connectivity index (χ2v) is 7.12. The summed E-state index contributed by atoms with van der Waals surface area (Å²) in [6.45, 7) is 9.00. The summed E-state index contributed by atoms with van der Waals surface area (Å²) >= 11 is 0. The maximum absolute atomic E-state index is 13.2. The number of hydrazine groups is 1. The number of rotatable bonds is 6. The highest BCUT2D eigenvalue weighted by molar-refractivity contribution is 5.95. The molecular formula is C21H22N4O6. The average Bonchev–Trinajstić information content (AvgIpc) is 2.78. The average molecular weight is 426 g/mol. The van der Waals surface area contributed by atoms with Crippen molar-refractivity contribution < 1.29 is 23.9 Å². The number of benzene rings is 1. The predicted octanol–water partition coefficient (Wildman–Crippen LogP) is 2.20. The van der Waals surface area contributed by atoms with Crippen LogP contribution in [0.25, 0.3) is 5.76 Å². The summed E-state index contributed by atoms with van der Waals surface area (Å²) in [4.78, 5) is 25.2. The van der Waals surface area contributed by atoms with Crippen molar-refractivity contribution in [3.63, 3.8) is 0 Å². The monoisotopic (exact) mass is 426 g/mol. The fraction of sp³-hybridized carbons (Fsp3) is 0.286. The lowest BCUT2D eigenvalue weighted by Gasteiger charge is -2.50. The second kappa shape index (κ2) is 8.25. The van der Waals surface area contributed by atoms with Crippen LogP contribution in [0.2, 0.25) is 0 Å². The van der Waals surface area contributed by atoms with E-state index >= 15 is 0 Å². The van der Waals surface area contributed by atoms with Crippen LogP contribution < -0.4 is 0 Å². The van der Waals surface area contributed by atoms with Gasteiger partial charge in [0.25, 0.3) is 11.6 Å². The van der Waals surface area contributed by atoms with Gasteiger partial charge >= 0.3 is 0 Å². The molecule has 2 fully saturated rings. The maximum atomic E-state index is 13.2. The van der Waals surface area contributed by atoms with Gasteiger partial charge < -0.3 is 19.1 Å². The number of non-ortho nitro benzene ring substituents is 1. The third-order valence-corrected chi connectivity index (χ3v) is 5.33. The molecule has 1 aromatic rings. The minimum atomic E-state index is -0.477. The molecule has 1 unspecified atom stereocenters. The molecule has 10 heteroatoms. The van der Waals surface area contributed by atoms with E-state index in [-0.39, 0.29) is 30.3 Å². The van der Waals surface area contributed by atoms with E-state index in [9.17, 15) is 14.9 Å². The Morgan fingerprint density at radius 3 is 2.81 bits per heavy atom. The number of amides is 1. The maximum Gasteiger partial charge on any atom is 0.277 e. The van der Waals surface area contributed by atoms with Gasteiger partial charge in [-0.25, -0.2) is 0 Å². The smallest absolute Gasteiger partial charge is 0.277 e. The fourth-order valence-electron chi connectivity index (χ4n) is 3.61. The number of likely N-dealkylation sites (N-methyl/N-ethyl adjacent to an activating group) is 1. The normalized spacial score (nSPS) is 21.0. The fourth-order valence-corrected chi connectivity index (χ4v) is 3.61. The minimum absolute atomic E-state index is 0.0218. The third-order valence-electron chi connectivity index (χ3n) is 5.33. The first-order valence-corrected chi connectivity index (χ1v) is 9.60. The molecule has 0 aromatic heterocycles. The zero-order valence-electron chi connectivity index (χ0n) is 17.0. The van der Waals surface area contributed by atoms with Gasteiger partial charge in [0.2, 0.25) is 6.79 Å². The largest absolute Gasteiger partial charge is 0.457 e. The van der Waals surface area contributed by atoms with Crippen molar-refractivity contribution in [3.05, 3.63) is 82.4 Å². The molecule has 3 aliphatic heterocycles. The Kier molecular flexibility index (Phi) is 5.49. The van der Waals surface area contributed by atoms with Crippen LogP contribution in [-0.4, -0.2) is 65.5 Å². The van der Waals surface area contributed by atoms with E-state index in [1.54, 1.807) is 34.3 Å². The highest BCUT2D eigenvalue weighted by Gasteiger charge is 2.44. The van der Waals surface area contributed by atoms with Crippen LogP contribution in [0.15, 0.2) is 66.7 Å². The second-order valence-electron chi connectivity index (χ2n) is 7.12. The quantitative estimate of drug-likeness (QED) is 0.296. The molecule has 0 N–H and O–H groups in total. The summed E-state index contributed by atoms with van der Waals surface area (Å²) in [5.74, 6) is 0.441.